The Morgan fingerprint density at radius 3 is 2.41 bits per heavy atom. The van der Waals surface area contributed by atoms with E-state index in [-0.39, 0.29) is 4.90 Å². The fraction of sp³-hybridized carbons (Fsp3) is 0.133. The number of aromatic amines is 1. The molecule has 2 aromatic heterocycles. The highest BCUT2D eigenvalue weighted by Crippen LogP contribution is 2.28. The van der Waals surface area contributed by atoms with Gasteiger partial charge in [0.2, 0.25) is 0 Å². The maximum atomic E-state index is 12.8. The topological polar surface area (TPSA) is 67.8 Å². The van der Waals surface area contributed by atoms with E-state index < -0.39 is 10.0 Å². The number of aryl methyl sites for hydroxylation is 2. The van der Waals surface area contributed by atoms with Crippen molar-refractivity contribution in [1.29, 1.82) is 0 Å². The Kier molecular flexibility index (Phi) is 3.58. The quantitative estimate of drug-likeness (QED) is 0.797. The summed E-state index contributed by atoms with van der Waals surface area (Å²) in [6.07, 6.45) is 1.39. The van der Waals surface area contributed by atoms with E-state index in [9.17, 15) is 8.42 Å². The largest absolute Gasteiger partial charge is 0.282 e. The number of aromatic nitrogens is 3. The van der Waals surface area contributed by atoms with Crippen molar-refractivity contribution in [2.24, 2.45) is 0 Å². The second-order valence-electron chi connectivity index (χ2n) is 5.09. The van der Waals surface area contributed by atoms with Crippen molar-refractivity contribution in [2.45, 2.75) is 18.7 Å². The van der Waals surface area contributed by atoms with E-state index in [1.807, 2.05) is 13.8 Å². The molecule has 0 saturated carbocycles. The second kappa shape index (κ2) is 5.30. The van der Waals surface area contributed by atoms with Crippen LogP contribution < -0.4 is 0 Å². The van der Waals surface area contributed by atoms with Gasteiger partial charge in [-0.25, -0.2) is 12.4 Å². The third-order valence-electron chi connectivity index (χ3n) is 3.30. The Balaban J connectivity index is 2.17. The van der Waals surface area contributed by atoms with Gasteiger partial charge in [0, 0.05) is 11.9 Å². The number of hydrogen-bond donors (Lipinski definition) is 1. The van der Waals surface area contributed by atoms with Crippen LogP contribution in [-0.4, -0.2) is 22.6 Å². The van der Waals surface area contributed by atoms with E-state index in [2.05, 4.69) is 10.2 Å². The van der Waals surface area contributed by atoms with Crippen LogP contribution in [0.15, 0.2) is 47.5 Å². The van der Waals surface area contributed by atoms with Gasteiger partial charge >= 0.3 is 0 Å². The SMILES string of the molecule is Cc1ccc(S(=O)(=O)n2cc(Cl)cc2-c2cc(C)[nH]n2)cc1. The van der Waals surface area contributed by atoms with E-state index in [4.69, 9.17) is 11.6 Å². The summed E-state index contributed by atoms with van der Waals surface area (Å²) in [6.45, 7) is 3.75. The smallest absolute Gasteiger partial charge is 0.268 e. The molecule has 114 valence electrons. The number of hydrogen-bond acceptors (Lipinski definition) is 3. The lowest BCUT2D eigenvalue weighted by atomic mass is 10.2. The van der Waals surface area contributed by atoms with Crippen LogP contribution in [0, 0.1) is 13.8 Å². The number of benzene rings is 1. The normalized spacial score (nSPS) is 11.8. The lowest BCUT2D eigenvalue weighted by Gasteiger charge is -2.09. The molecule has 0 amide bonds. The molecule has 0 aliphatic carbocycles. The molecule has 2 heterocycles. The second-order valence-corrected chi connectivity index (χ2v) is 7.35. The molecule has 3 aromatic rings. The zero-order chi connectivity index (χ0) is 15.9. The number of nitrogens with one attached hydrogen (secondary N) is 1. The van der Waals surface area contributed by atoms with Gasteiger partial charge in [-0.3, -0.25) is 5.10 Å². The monoisotopic (exact) mass is 335 g/mol. The molecule has 0 fully saturated rings. The highest BCUT2D eigenvalue weighted by atomic mass is 35.5. The van der Waals surface area contributed by atoms with Gasteiger partial charge in [-0.1, -0.05) is 29.3 Å². The van der Waals surface area contributed by atoms with Crippen molar-refractivity contribution in [3.8, 4) is 11.4 Å². The first-order chi connectivity index (χ1) is 10.4. The number of H-pyrrole nitrogens is 1. The van der Waals surface area contributed by atoms with Gasteiger partial charge in [0.05, 0.1) is 15.6 Å². The summed E-state index contributed by atoms with van der Waals surface area (Å²) in [6, 6.07) is 10.0. The molecule has 0 saturated heterocycles. The summed E-state index contributed by atoms with van der Waals surface area (Å²) in [5, 5.41) is 7.25. The molecule has 0 aliphatic rings. The van der Waals surface area contributed by atoms with Crippen LogP contribution in [0.1, 0.15) is 11.3 Å². The van der Waals surface area contributed by atoms with Crippen LogP contribution in [-0.2, 0) is 10.0 Å². The van der Waals surface area contributed by atoms with Crippen molar-refractivity contribution in [3.05, 3.63) is 58.9 Å². The van der Waals surface area contributed by atoms with E-state index in [1.54, 1.807) is 36.4 Å². The first-order valence-electron chi connectivity index (χ1n) is 6.60. The maximum Gasteiger partial charge on any atom is 0.268 e. The third kappa shape index (κ3) is 2.55. The average molecular weight is 336 g/mol. The van der Waals surface area contributed by atoms with Gasteiger partial charge in [0.15, 0.2) is 0 Å². The van der Waals surface area contributed by atoms with E-state index >= 15 is 0 Å². The van der Waals surface area contributed by atoms with E-state index in [0.717, 1.165) is 15.2 Å². The zero-order valence-electron chi connectivity index (χ0n) is 12.0. The van der Waals surface area contributed by atoms with Gasteiger partial charge < -0.3 is 0 Å². The van der Waals surface area contributed by atoms with Gasteiger partial charge in [-0.15, -0.1) is 0 Å². The summed E-state index contributed by atoms with van der Waals surface area (Å²) in [5.41, 5.74) is 2.79. The van der Waals surface area contributed by atoms with Crippen molar-refractivity contribution in [3.63, 3.8) is 0 Å². The fourth-order valence-electron chi connectivity index (χ4n) is 2.17. The molecule has 0 spiro atoms. The average Bonchev–Trinajstić information content (AvgIpc) is 3.05. The molecular formula is C15H14ClN3O2S. The van der Waals surface area contributed by atoms with Gasteiger partial charge in [0.1, 0.15) is 5.69 Å². The Bertz CT molecular complexity index is 924. The minimum absolute atomic E-state index is 0.207. The van der Waals surface area contributed by atoms with Crippen molar-refractivity contribution in [2.75, 3.05) is 0 Å². The van der Waals surface area contributed by atoms with Gasteiger partial charge in [-0.05, 0) is 38.1 Å². The summed E-state index contributed by atoms with van der Waals surface area (Å²) in [7, 11) is -3.73. The van der Waals surface area contributed by atoms with Crippen LogP contribution in [0.2, 0.25) is 5.02 Å². The lowest BCUT2D eigenvalue weighted by molar-refractivity contribution is 0.588. The molecule has 22 heavy (non-hydrogen) atoms. The predicted octanol–water partition coefficient (Wildman–Crippen LogP) is 3.39. The van der Waals surface area contributed by atoms with Gasteiger partial charge in [-0.2, -0.15) is 5.10 Å². The standard InChI is InChI=1S/C15H14ClN3O2S/c1-10-3-5-13(6-4-10)22(20,21)19-9-12(16)8-15(19)14-7-11(2)17-18-14/h3-9H,1-2H3,(H,17,18). The Morgan fingerprint density at radius 2 is 1.82 bits per heavy atom. The molecule has 0 radical (unpaired) electrons. The van der Waals surface area contributed by atoms with Crippen LogP contribution in [0.4, 0.5) is 0 Å². The number of rotatable bonds is 3. The van der Waals surface area contributed by atoms with Crippen molar-refractivity contribution < 1.29 is 8.42 Å². The van der Waals surface area contributed by atoms with E-state index in [0.29, 0.717) is 16.4 Å². The minimum Gasteiger partial charge on any atom is -0.282 e. The summed E-state index contributed by atoms with van der Waals surface area (Å²) in [4.78, 5) is 0.207. The Hall–Kier alpha value is -2.05. The molecule has 1 N–H and O–H groups in total. The van der Waals surface area contributed by atoms with Crippen LogP contribution in [0.3, 0.4) is 0 Å². The minimum atomic E-state index is -3.73. The Labute approximate surface area is 133 Å². The molecule has 1 aromatic carbocycles. The first-order valence-corrected chi connectivity index (χ1v) is 8.42. The van der Waals surface area contributed by atoms with Crippen LogP contribution in [0.25, 0.3) is 11.4 Å². The van der Waals surface area contributed by atoms with E-state index in [1.165, 1.54) is 6.20 Å². The molecule has 3 rings (SSSR count). The summed E-state index contributed by atoms with van der Waals surface area (Å²) < 4.78 is 26.8. The number of halogens is 1. The molecule has 7 heteroatoms. The molecule has 5 nitrogen and oxygen atoms in total. The molecule has 0 atom stereocenters. The molecule has 0 unspecified atom stereocenters. The van der Waals surface area contributed by atoms with Crippen LogP contribution in [0.5, 0.6) is 0 Å². The van der Waals surface area contributed by atoms with Gasteiger partial charge in [0.25, 0.3) is 10.0 Å². The summed E-state index contributed by atoms with van der Waals surface area (Å²) in [5.74, 6) is 0. The zero-order valence-corrected chi connectivity index (χ0v) is 13.6. The highest BCUT2D eigenvalue weighted by molar-refractivity contribution is 7.90. The molecule has 0 bridgehead atoms. The summed E-state index contributed by atoms with van der Waals surface area (Å²) >= 11 is 6.02. The lowest BCUT2D eigenvalue weighted by Crippen LogP contribution is -2.13. The van der Waals surface area contributed by atoms with Crippen LogP contribution >= 0.6 is 11.6 Å². The fourth-order valence-corrected chi connectivity index (χ4v) is 3.80. The highest BCUT2D eigenvalue weighted by Gasteiger charge is 2.22. The first kappa shape index (κ1) is 14.9. The van der Waals surface area contributed by atoms with Crippen molar-refractivity contribution in [1.82, 2.24) is 14.2 Å². The Morgan fingerprint density at radius 1 is 1.14 bits per heavy atom. The van der Waals surface area contributed by atoms with Crippen molar-refractivity contribution >= 4 is 21.6 Å². The number of nitrogens with zero attached hydrogens (tertiary/aromatic N) is 2. The molecule has 0 aliphatic heterocycles. The maximum absolute atomic E-state index is 12.8. The third-order valence-corrected chi connectivity index (χ3v) is 5.19. The molecular weight excluding hydrogens is 322 g/mol. The predicted molar refractivity (Wildman–Crippen MR) is 85.5 cm³/mol.